The fourth-order valence-electron chi connectivity index (χ4n) is 3.99. The van der Waals surface area contributed by atoms with Crippen molar-refractivity contribution in [2.75, 3.05) is 11.7 Å². The summed E-state index contributed by atoms with van der Waals surface area (Å²) in [6, 6.07) is 11.1. The minimum absolute atomic E-state index is 0.0452. The minimum Gasteiger partial charge on any atom is -0.481 e. The first-order valence-corrected chi connectivity index (χ1v) is 14.5. The number of hydrogen-bond acceptors (Lipinski definition) is 9. The summed E-state index contributed by atoms with van der Waals surface area (Å²) in [5.41, 5.74) is 3.49. The van der Waals surface area contributed by atoms with Gasteiger partial charge in [0.15, 0.2) is 6.73 Å². The van der Waals surface area contributed by atoms with Crippen molar-refractivity contribution in [3.05, 3.63) is 58.6 Å². The van der Waals surface area contributed by atoms with E-state index in [2.05, 4.69) is 5.43 Å². The van der Waals surface area contributed by atoms with Crippen molar-refractivity contribution >= 4 is 51.3 Å². The summed E-state index contributed by atoms with van der Waals surface area (Å²) in [4.78, 5) is 48.3. The molecule has 0 spiro atoms. The van der Waals surface area contributed by atoms with Crippen LogP contribution in [-0.2, 0) is 35.5 Å². The summed E-state index contributed by atoms with van der Waals surface area (Å²) in [5.74, 6) is -2.65. The van der Waals surface area contributed by atoms with Crippen LogP contribution >= 0.6 is 11.6 Å². The summed E-state index contributed by atoms with van der Waals surface area (Å²) in [7, 11) is -4.81. The standard InChI is InChI=1S/C27H32ClN3O9S/c1-17-14-18-8-5-6-9-21(18)31(17)29-25(35)19-12-13-20(28)22(15-19)41(37,38)30(26(36)40-27(2,3)4)16-39-24(34)11-7-10-23(32)33/h5-6,8-9,12-13,15,17H,7,10-11,14,16H2,1-4H3,(H,29,35)(H,32,33). The van der Waals surface area contributed by atoms with Gasteiger partial charge in [-0.3, -0.25) is 24.8 Å². The molecular formula is C27H32ClN3O9S. The number of carboxylic acids is 1. The van der Waals surface area contributed by atoms with Crippen LogP contribution in [-0.4, -0.2) is 60.1 Å². The lowest BCUT2D eigenvalue weighted by Crippen LogP contribution is -2.45. The number of carboxylic acid groups (broad SMARTS) is 1. The van der Waals surface area contributed by atoms with Crippen LogP contribution in [0.15, 0.2) is 47.4 Å². The second-order valence-corrected chi connectivity index (χ2v) is 12.6. The molecule has 1 aliphatic heterocycles. The van der Waals surface area contributed by atoms with E-state index >= 15 is 0 Å². The number of nitrogens with zero attached hydrogens (tertiary/aromatic N) is 2. The second kappa shape index (κ2) is 12.8. The van der Waals surface area contributed by atoms with Gasteiger partial charge in [-0.15, -0.1) is 0 Å². The highest BCUT2D eigenvalue weighted by atomic mass is 35.5. The smallest absolute Gasteiger partial charge is 0.427 e. The summed E-state index contributed by atoms with van der Waals surface area (Å²) in [6.45, 7) is 5.42. The first-order valence-electron chi connectivity index (χ1n) is 12.7. The molecule has 0 aliphatic carbocycles. The highest BCUT2D eigenvalue weighted by molar-refractivity contribution is 7.89. The molecule has 1 aliphatic rings. The third-order valence-electron chi connectivity index (χ3n) is 5.90. The molecule has 0 radical (unpaired) electrons. The van der Waals surface area contributed by atoms with Gasteiger partial charge < -0.3 is 14.6 Å². The van der Waals surface area contributed by atoms with Crippen molar-refractivity contribution < 1.29 is 42.2 Å². The highest BCUT2D eigenvalue weighted by Crippen LogP contribution is 2.31. The van der Waals surface area contributed by atoms with Crippen molar-refractivity contribution in [1.29, 1.82) is 0 Å². The average Bonchev–Trinajstić information content (AvgIpc) is 3.17. The molecule has 0 aromatic heterocycles. The Bertz CT molecular complexity index is 1440. The van der Waals surface area contributed by atoms with E-state index in [0.717, 1.165) is 17.3 Å². The van der Waals surface area contributed by atoms with E-state index in [1.54, 1.807) is 5.01 Å². The fourth-order valence-corrected chi connectivity index (χ4v) is 5.65. The predicted molar refractivity (Wildman–Crippen MR) is 149 cm³/mol. The summed E-state index contributed by atoms with van der Waals surface area (Å²) in [6.07, 6.45) is -1.30. The molecule has 14 heteroatoms. The molecule has 0 saturated carbocycles. The number of carbonyl (C=O) groups excluding carboxylic acids is 3. The van der Waals surface area contributed by atoms with Gasteiger partial charge in [0.2, 0.25) is 0 Å². The van der Waals surface area contributed by atoms with Gasteiger partial charge in [-0.2, -0.15) is 4.31 Å². The fraction of sp³-hybridized carbons (Fsp3) is 0.407. The first kappa shape index (κ1) is 31.7. The number of amides is 2. The average molecular weight is 610 g/mol. The zero-order chi connectivity index (χ0) is 30.5. The maximum atomic E-state index is 13.7. The molecule has 222 valence electrons. The van der Waals surface area contributed by atoms with Crippen molar-refractivity contribution in [3.63, 3.8) is 0 Å². The van der Waals surface area contributed by atoms with Crippen LogP contribution < -0.4 is 10.4 Å². The Morgan fingerprint density at radius 1 is 1.12 bits per heavy atom. The van der Waals surface area contributed by atoms with E-state index < -0.39 is 51.2 Å². The zero-order valence-corrected chi connectivity index (χ0v) is 24.6. The number of sulfonamides is 1. The molecular weight excluding hydrogens is 578 g/mol. The monoisotopic (exact) mass is 609 g/mol. The van der Waals surface area contributed by atoms with E-state index in [1.807, 2.05) is 31.2 Å². The van der Waals surface area contributed by atoms with Crippen molar-refractivity contribution in [2.24, 2.45) is 0 Å². The van der Waals surface area contributed by atoms with Gasteiger partial charge in [0.05, 0.1) is 16.8 Å². The number of anilines is 1. The van der Waals surface area contributed by atoms with Gasteiger partial charge >= 0.3 is 18.0 Å². The van der Waals surface area contributed by atoms with E-state index in [4.69, 9.17) is 26.2 Å². The Labute approximate surface area is 243 Å². The number of fused-ring (bicyclic) bond motifs is 1. The topological polar surface area (TPSA) is 160 Å². The van der Waals surface area contributed by atoms with Crippen LogP contribution in [0.4, 0.5) is 10.5 Å². The van der Waals surface area contributed by atoms with E-state index in [0.29, 0.717) is 6.42 Å². The van der Waals surface area contributed by atoms with Gasteiger partial charge in [-0.05, 0) is 70.4 Å². The normalized spacial score (nSPS) is 14.7. The van der Waals surface area contributed by atoms with Gasteiger partial charge in [-0.25, -0.2) is 13.2 Å². The maximum Gasteiger partial charge on any atom is 0.427 e. The Hall–Kier alpha value is -3.84. The number of nitrogens with one attached hydrogen (secondary N) is 1. The lowest BCUT2D eigenvalue weighted by Gasteiger charge is -2.27. The number of ether oxygens (including phenoxy) is 2. The predicted octanol–water partition coefficient (Wildman–Crippen LogP) is 4.12. The van der Waals surface area contributed by atoms with Crippen molar-refractivity contribution in [1.82, 2.24) is 9.73 Å². The maximum absolute atomic E-state index is 13.7. The highest BCUT2D eigenvalue weighted by Gasteiger charge is 2.36. The SMILES string of the molecule is CC1Cc2ccccc2N1NC(=O)c1ccc(Cl)c(S(=O)(=O)N(COC(=O)CCCC(=O)O)C(=O)OC(C)(C)C)c1. The largest absolute Gasteiger partial charge is 0.481 e. The van der Waals surface area contributed by atoms with Crippen LogP contribution in [0, 0.1) is 0 Å². The summed E-state index contributed by atoms with van der Waals surface area (Å²) >= 11 is 6.23. The van der Waals surface area contributed by atoms with Crippen LogP contribution in [0.3, 0.4) is 0 Å². The molecule has 2 aromatic rings. The number of hydrogen-bond donors (Lipinski definition) is 2. The van der Waals surface area contributed by atoms with Gasteiger partial charge in [0.1, 0.15) is 10.5 Å². The summed E-state index contributed by atoms with van der Waals surface area (Å²) < 4.78 is 37.7. The Kier molecular flexibility index (Phi) is 9.87. The van der Waals surface area contributed by atoms with Crippen molar-refractivity contribution in [2.45, 2.75) is 69.9 Å². The molecule has 0 fully saturated rings. The molecule has 1 atom stereocenters. The molecule has 0 saturated heterocycles. The molecule has 1 heterocycles. The minimum atomic E-state index is -4.81. The van der Waals surface area contributed by atoms with Crippen LogP contribution in [0.2, 0.25) is 5.02 Å². The van der Waals surface area contributed by atoms with Gasteiger partial charge in [-0.1, -0.05) is 29.8 Å². The molecule has 1 unspecified atom stereocenters. The third-order valence-corrected chi connectivity index (χ3v) is 8.07. The molecule has 41 heavy (non-hydrogen) atoms. The van der Waals surface area contributed by atoms with Crippen molar-refractivity contribution in [3.8, 4) is 0 Å². The number of halogens is 1. The lowest BCUT2D eigenvalue weighted by atomic mass is 10.1. The molecule has 2 amide bonds. The molecule has 0 bridgehead atoms. The number of para-hydroxylation sites is 1. The second-order valence-electron chi connectivity index (χ2n) is 10.4. The number of carbonyl (C=O) groups is 4. The van der Waals surface area contributed by atoms with Crippen LogP contribution in [0.1, 0.15) is 62.9 Å². The van der Waals surface area contributed by atoms with Gasteiger partial charge in [0.25, 0.3) is 15.9 Å². The Morgan fingerprint density at radius 2 is 1.80 bits per heavy atom. The van der Waals surface area contributed by atoms with Crippen LogP contribution in [0.5, 0.6) is 0 Å². The number of rotatable bonds is 10. The molecule has 2 aromatic carbocycles. The number of esters is 1. The summed E-state index contributed by atoms with van der Waals surface area (Å²) in [5, 5.41) is 10.1. The lowest BCUT2D eigenvalue weighted by molar-refractivity contribution is -0.146. The van der Waals surface area contributed by atoms with Gasteiger partial charge in [0, 0.05) is 18.4 Å². The third kappa shape index (κ3) is 8.10. The molecule has 3 rings (SSSR count). The molecule has 12 nitrogen and oxygen atoms in total. The Morgan fingerprint density at radius 3 is 2.46 bits per heavy atom. The van der Waals surface area contributed by atoms with E-state index in [-0.39, 0.29) is 40.2 Å². The number of benzene rings is 2. The quantitative estimate of drug-likeness (QED) is 0.296. The number of aliphatic carboxylic acids is 1. The first-order chi connectivity index (χ1) is 19.1. The Balaban J connectivity index is 1.87. The van der Waals surface area contributed by atoms with Crippen LogP contribution in [0.25, 0.3) is 0 Å². The van der Waals surface area contributed by atoms with E-state index in [9.17, 15) is 27.6 Å². The van der Waals surface area contributed by atoms with E-state index in [1.165, 1.54) is 32.9 Å². The zero-order valence-electron chi connectivity index (χ0n) is 23.0. The number of hydrazine groups is 1. The molecule has 2 N–H and O–H groups in total.